The lowest BCUT2D eigenvalue weighted by Gasteiger charge is -2.15. The van der Waals surface area contributed by atoms with Crippen molar-refractivity contribution in [3.8, 4) is 22.6 Å². The molecule has 0 aliphatic rings. The van der Waals surface area contributed by atoms with Crippen LogP contribution in [0.3, 0.4) is 0 Å². The maximum atomic E-state index is 10.5. The highest BCUT2D eigenvalue weighted by Crippen LogP contribution is 2.43. The number of benzene rings is 2. The van der Waals surface area contributed by atoms with Crippen molar-refractivity contribution in [1.82, 2.24) is 9.97 Å². The fourth-order valence-electron chi connectivity index (χ4n) is 2.53. The number of hydrogen-bond acceptors (Lipinski definition) is 5. The van der Waals surface area contributed by atoms with E-state index in [1.807, 2.05) is 19.1 Å². The molecule has 112 valence electrons. The predicted molar refractivity (Wildman–Crippen MR) is 87.4 cm³/mol. The molecule has 1 heterocycles. The van der Waals surface area contributed by atoms with E-state index in [4.69, 9.17) is 22.1 Å². The van der Waals surface area contributed by atoms with Gasteiger partial charge < -0.3 is 15.6 Å². The van der Waals surface area contributed by atoms with Crippen LogP contribution in [0, 0.1) is 6.92 Å². The Bertz CT molecular complexity index is 881. The Morgan fingerprint density at radius 1 is 1.27 bits per heavy atom. The zero-order valence-corrected chi connectivity index (χ0v) is 12.8. The van der Waals surface area contributed by atoms with Crippen molar-refractivity contribution in [2.24, 2.45) is 0 Å². The third-order valence-corrected chi connectivity index (χ3v) is 4.05. The molecule has 5 nitrogen and oxygen atoms in total. The van der Waals surface area contributed by atoms with Crippen LogP contribution in [0.2, 0.25) is 5.02 Å². The number of hydrogen-bond donors (Lipinski definition) is 2. The summed E-state index contributed by atoms with van der Waals surface area (Å²) in [5.74, 6) is 0.768. The number of aromatic hydroxyl groups is 1. The van der Waals surface area contributed by atoms with Gasteiger partial charge in [0, 0.05) is 11.1 Å². The number of rotatable bonds is 2. The number of methoxy groups -OCH3 is 1. The Labute approximate surface area is 132 Å². The Kier molecular flexibility index (Phi) is 3.50. The third-order valence-electron chi connectivity index (χ3n) is 3.64. The van der Waals surface area contributed by atoms with Gasteiger partial charge in [-0.25, -0.2) is 9.97 Å². The van der Waals surface area contributed by atoms with Gasteiger partial charge in [-0.05, 0) is 24.1 Å². The second-order valence-corrected chi connectivity index (χ2v) is 5.28. The van der Waals surface area contributed by atoms with E-state index in [-0.39, 0.29) is 5.75 Å². The zero-order valence-electron chi connectivity index (χ0n) is 12.1. The molecule has 3 aromatic rings. The van der Waals surface area contributed by atoms with E-state index in [0.29, 0.717) is 33.1 Å². The number of aromatic nitrogens is 2. The van der Waals surface area contributed by atoms with Gasteiger partial charge in [-0.3, -0.25) is 0 Å². The first kappa shape index (κ1) is 14.4. The zero-order chi connectivity index (χ0) is 15.9. The molecule has 0 radical (unpaired) electrons. The second-order valence-electron chi connectivity index (χ2n) is 4.87. The largest absolute Gasteiger partial charge is 0.507 e. The third kappa shape index (κ3) is 2.10. The molecule has 2 aromatic carbocycles. The number of phenolic OH excluding ortho intramolecular Hbond substituents is 1. The van der Waals surface area contributed by atoms with E-state index < -0.39 is 0 Å². The molecule has 0 bridgehead atoms. The molecule has 0 saturated heterocycles. The number of nitrogen functional groups attached to an aromatic ring is 1. The summed E-state index contributed by atoms with van der Waals surface area (Å²) >= 11 is 6.19. The van der Waals surface area contributed by atoms with Gasteiger partial charge in [-0.1, -0.05) is 23.7 Å². The van der Waals surface area contributed by atoms with Crippen LogP contribution in [-0.2, 0) is 0 Å². The summed E-state index contributed by atoms with van der Waals surface area (Å²) in [6.45, 7) is 1.89. The van der Waals surface area contributed by atoms with Crippen LogP contribution in [0.1, 0.15) is 5.56 Å². The highest BCUT2D eigenvalue weighted by atomic mass is 35.5. The standard InChI is InChI=1S/C16H14ClN3O2/c1-8-9(4-3-5-10(8)17)13-11(21)6-12(22-2)14-15(13)19-7-20-16(14)18/h3-7,21H,1-2H3,(H2,18,19,20). The summed E-state index contributed by atoms with van der Waals surface area (Å²) in [6, 6.07) is 7.01. The number of ether oxygens (including phenoxy) is 1. The van der Waals surface area contributed by atoms with Crippen LogP contribution < -0.4 is 10.5 Å². The molecule has 0 spiro atoms. The van der Waals surface area contributed by atoms with Crippen LogP contribution in [0.5, 0.6) is 11.5 Å². The maximum absolute atomic E-state index is 10.5. The van der Waals surface area contributed by atoms with Gasteiger partial charge in [-0.15, -0.1) is 0 Å². The molecule has 22 heavy (non-hydrogen) atoms. The summed E-state index contributed by atoms with van der Waals surface area (Å²) in [6.07, 6.45) is 1.36. The summed E-state index contributed by atoms with van der Waals surface area (Å²) < 4.78 is 5.29. The van der Waals surface area contributed by atoms with Gasteiger partial charge in [0.2, 0.25) is 0 Å². The number of anilines is 1. The molecule has 0 aliphatic heterocycles. The minimum absolute atomic E-state index is 0.0489. The van der Waals surface area contributed by atoms with Crippen LogP contribution in [-0.4, -0.2) is 22.2 Å². The van der Waals surface area contributed by atoms with Gasteiger partial charge >= 0.3 is 0 Å². The lowest BCUT2D eigenvalue weighted by Crippen LogP contribution is -1.98. The van der Waals surface area contributed by atoms with Gasteiger partial charge in [0.25, 0.3) is 0 Å². The average Bonchev–Trinajstić information content (AvgIpc) is 2.50. The van der Waals surface area contributed by atoms with E-state index in [9.17, 15) is 5.11 Å². The Morgan fingerprint density at radius 3 is 2.77 bits per heavy atom. The summed E-state index contributed by atoms with van der Waals surface area (Å²) in [7, 11) is 1.50. The van der Waals surface area contributed by atoms with E-state index in [1.165, 1.54) is 19.5 Å². The van der Waals surface area contributed by atoms with Crippen molar-refractivity contribution in [3.05, 3.63) is 41.2 Å². The number of halogens is 1. The van der Waals surface area contributed by atoms with Gasteiger partial charge in [-0.2, -0.15) is 0 Å². The Morgan fingerprint density at radius 2 is 2.05 bits per heavy atom. The van der Waals surface area contributed by atoms with Crippen molar-refractivity contribution >= 4 is 28.3 Å². The first-order valence-corrected chi connectivity index (χ1v) is 6.98. The first-order chi connectivity index (χ1) is 10.5. The summed E-state index contributed by atoms with van der Waals surface area (Å²) in [5.41, 5.74) is 8.68. The number of nitrogens with zero attached hydrogens (tertiary/aromatic N) is 2. The number of nitrogens with two attached hydrogens (primary N) is 1. The normalized spacial score (nSPS) is 10.9. The van der Waals surface area contributed by atoms with Crippen LogP contribution in [0.4, 0.5) is 5.82 Å². The molecule has 3 N–H and O–H groups in total. The second kappa shape index (κ2) is 5.35. The predicted octanol–water partition coefficient (Wildman–Crippen LogP) is 3.56. The minimum atomic E-state index is 0.0489. The molecule has 0 atom stereocenters. The van der Waals surface area contributed by atoms with E-state index in [0.717, 1.165) is 11.1 Å². The molecular weight excluding hydrogens is 302 g/mol. The fourth-order valence-corrected chi connectivity index (χ4v) is 2.70. The molecule has 1 aromatic heterocycles. The Balaban J connectivity index is 2.47. The first-order valence-electron chi connectivity index (χ1n) is 6.60. The summed E-state index contributed by atoms with van der Waals surface area (Å²) in [4.78, 5) is 8.28. The number of phenols is 1. The van der Waals surface area contributed by atoms with Crippen molar-refractivity contribution in [2.75, 3.05) is 12.8 Å². The SMILES string of the molecule is COc1cc(O)c(-c2cccc(Cl)c2C)c2ncnc(N)c12. The van der Waals surface area contributed by atoms with E-state index >= 15 is 0 Å². The molecule has 0 unspecified atom stereocenters. The van der Waals surface area contributed by atoms with Crippen LogP contribution in [0.25, 0.3) is 22.0 Å². The van der Waals surface area contributed by atoms with Crippen LogP contribution in [0.15, 0.2) is 30.6 Å². The fraction of sp³-hybridized carbons (Fsp3) is 0.125. The lowest BCUT2D eigenvalue weighted by atomic mass is 9.96. The lowest BCUT2D eigenvalue weighted by molar-refractivity contribution is 0.413. The van der Waals surface area contributed by atoms with Gasteiger partial charge in [0.05, 0.1) is 23.6 Å². The smallest absolute Gasteiger partial charge is 0.138 e. The van der Waals surface area contributed by atoms with Crippen LogP contribution >= 0.6 is 11.6 Å². The van der Waals surface area contributed by atoms with Gasteiger partial charge in [0.15, 0.2) is 0 Å². The molecule has 0 aliphatic carbocycles. The van der Waals surface area contributed by atoms with Gasteiger partial charge in [0.1, 0.15) is 23.6 Å². The quantitative estimate of drug-likeness (QED) is 0.755. The van der Waals surface area contributed by atoms with E-state index in [1.54, 1.807) is 6.07 Å². The molecular formula is C16H14ClN3O2. The monoisotopic (exact) mass is 315 g/mol. The molecule has 0 saturated carbocycles. The average molecular weight is 316 g/mol. The Hall–Kier alpha value is -2.53. The summed E-state index contributed by atoms with van der Waals surface area (Å²) in [5, 5.41) is 11.6. The van der Waals surface area contributed by atoms with Crippen molar-refractivity contribution in [1.29, 1.82) is 0 Å². The molecule has 6 heteroatoms. The minimum Gasteiger partial charge on any atom is -0.507 e. The molecule has 0 amide bonds. The highest BCUT2D eigenvalue weighted by molar-refractivity contribution is 6.31. The van der Waals surface area contributed by atoms with Crippen molar-refractivity contribution < 1.29 is 9.84 Å². The highest BCUT2D eigenvalue weighted by Gasteiger charge is 2.19. The molecule has 3 rings (SSSR count). The van der Waals surface area contributed by atoms with Crippen molar-refractivity contribution in [2.45, 2.75) is 6.92 Å². The topological polar surface area (TPSA) is 81.3 Å². The van der Waals surface area contributed by atoms with E-state index in [2.05, 4.69) is 9.97 Å². The number of fused-ring (bicyclic) bond motifs is 1. The maximum Gasteiger partial charge on any atom is 0.138 e. The van der Waals surface area contributed by atoms with Crippen molar-refractivity contribution in [3.63, 3.8) is 0 Å². The molecule has 0 fully saturated rings.